The Kier molecular flexibility index (Phi) is 3.04. The monoisotopic (exact) mass is 194 g/mol. The first kappa shape index (κ1) is 9.75. The fraction of sp³-hybridized carbons (Fsp3) is 0.333. The van der Waals surface area contributed by atoms with E-state index in [2.05, 4.69) is 10.3 Å². The smallest absolute Gasteiger partial charge is 0.300 e. The van der Waals surface area contributed by atoms with Gasteiger partial charge in [0.1, 0.15) is 5.00 Å². The first-order valence-electron chi connectivity index (χ1n) is 3.91. The molecule has 3 nitrogen and oxygen atoms in total. The molecule has 0 bridgehead atoms. The zero-order chi connectivity index (χ0) is 9.84. The van der Waals surface area contributed by atoms with Gasteiger partial charge in [0, 0.05) is 0 Å². The summed E-state index contributed by atoms with van der Waals surface area (Å²) in [5, 5.41) is 4.35. The van der Waals surface area contributed by atoms with Crippen LogP contribution in [0.25, 0.3) is 0 Å². The number of amides is 1. The molecule has 0 atom stereocenters. The van der Waals surface area contributed by atoms with Crippen molar-refractivity contribution in [2.24, 2.45) is 0 Å². The van der Waals surface area contributed by atoms with Gasteiger partial charge in [-0.05, 0) is 19.3 Å². The molecule has 0 radical (unpaired) electrons. The molecule has 0 unspecified atom stereocenters. The third kappa shape index (κ3) is 2.30. The third-order valence-electron chi connectivity index (χ3n) is 1.50. The summed E-state index contributed by atoms with van der Waals surface area (Å²) in [4.78, 5) is 15.1. The molecule has 1 N–H and O–H groups in total. The van der Waals surface area contributed by atoms with Crippen molar-refractivity contribution in [1.29, 1.82) is 0 Å². The minimum Gasteiger partial charge on any atom is -0.305 e. The highest BCUT2D eigenvalue weighted by atomic mass is 32.1. The lowest BCUT2D eigenvalue weighted by molar-refractivity contribution is -0.111. The van der Waals surface area contributed by atoms with Gasteiger partial charge in [0.25, 0.3) is 0 Å². The molecule has 1 rings (SSSR count). The van der Waals surface area contributed by atoms with Crippen molar-refractivity contribution in [2.75, 3.05) is 5.32 Å². The predicted octanol–water partition coefficient (Wildman–Crippen LogP) is 1.59. The maximum absolute atomic E-state index is 10.9. The van der Waals surface area contributed by atoms with Crippen LogP contribution >= 0.6 is 11.3 Å². The zero-order valence-electron chi connectivity index (χ0n) is 7.55. The van der Waals surface area contributed by atoms with Gasteiger partial charge in [-0.2, -0.15) is 0 Å². The third-order valence-corrected chi connectivity index (χ3v) is 2.72. The molecule has 1 aromatic rings. The fourth-order valence-corrected chi connectivity index (χ4v) is 1.76. The van der Waals surface area contributed by atoms with Crippen molar-refractivity contribution in [2.45, 2.75) is 20.3 Å². The van der Waals surface area contributed by atoms with E-state index >= 15 is 0 Å². The Balaban J connectivity index is 2.84. The first-order valence-corrected chi connectivity index (χ1v) is 4.73. The summed E-state index contributed by atoms with van der Waals surface area (Å²) in [6.07, 6.45) is 5.80. The van der Waals surface area contributed by atoms with Crippen LogP contribution < -0.4 is 5.32 Å². The summed E-state index contributed by atoms with van der Waals surface area (Å²) in [6.45, 7) is 3.87. The minimum atomic E-state index is -0.422. The first-order chi connectivity index (χ1) is 6.17. The number of thiazole rings is 1. The molecule has 1 aromatic heterocycles. The van der Waals surface area contributed by atoms with Crippen LogP contribution in [-0.2, 0) is 11.2 Å². The number of carbonyl (C=O) groups excluding carboxylic acids is 1. The second-order valence-electron chi connectivity index (χ2n) is 2.47. The predicted molar refractivity (Wildman–Crippen MR) is 53.7 cm³/mol. The average molecular weight is 194 g/mol. The molecular formula is C9H10N2OS. The molecule has 0 fully saturated rings. The molecule has 4 heteroatoms. The highest BCUT2D eigenvalue weighted by Gasteiger charge is 2.07. The number of aryl methyl sites for hydroxylation is 2. The summed E-state index contributed by atoms with van der Waals surface area (Å²) < 4.78 is 0. The molecule has 0 aliphatic rings. The number of rotatable bonds is 2. The summed E-state index contributed by atoms with van der Waals surface area (Å²) in [5.41, 5.74) is 0.824. The molecule has 68 valence electrons. The van der Waals surface area contributed by atoms with Crippen LogP contribution in [0.4, 0.5) is 5.00 Å². The molecule has 1 heterocycles. The van der Waals surface area contributed by atoms with Crippen LogP contribution in [0.1, 0.15) is 17.6 Å². The maximum Gasteiger partial charge on any atom is 0.300 e. The SMILES string of the molecule is C#CC(=O)Nc1sc(CC)nc1C. The van der Waals surface area contributed by atoms with Gasteiger partial charge in [0.2, 0.25) is 0 Å². The lowest BCUT2D eigenvalue weighted by Crippen LogP contribution is -2.07. The normalized spacial score (nSPS) is 9.31. The van der Waals surface area contributed by atoms with Gasteiger partial charge in [-0.3, -0.25) is 4.79 Å². The van der Waals surface area contributed by atoms with Crippen LogP contribution in [0.15, 0.2) is 0 Å². The van der Waals surface area contributed by atoms with Gasteiger partial charge < -0.3 is 5.32 Å². The number of aromatic nitrogens is 1. The van der Waals surface area contributed by atoms with E-state index in [1.165, 1.54) is 11.3 Å². The van der Waals surface area contributed by atoms with Crippen molar-refractivity contribution in [3.63, 3.8) is 0 Å². The van der Waals surface area contributed by atoms with Gasteiger partial charge >= 0.3 is 5.91 Å². The second kappa shape index (κ2) is 4.06. The summed E-state index contributed by atoms with van der Waals surface area (Å²) in [7, 11) is 0. The summed E-state index contributed by atoms with van der Waals surface area (Å²) in [6, 6.07) is 0. The lowest BCUT2D eigenvalue weighted by Gasteiger charge is -1.95. The van der Waals surface area contributed by atoms with Crippen LogP contribution in [0.5, 0.6) is 0 Å². The summed E-state index contributed by atoms with van der Waals surface area (Å²) in [5.74, 6) is 1.57. The largest absolute Gasteiger partial charge is 0.305 e. The molecule has 1 amide bonds. The molecular weight excluding hydrogens is 184 g/mol. The number of terminal acetylenes is 1. The van der Waals surface area contributed by atoms with E-state index in [-0.39, 0.29) is 0 Å². The van der Waals surface area contributed by atoms with Crippen molar-refractivity contribution < 1.29 is 4.79 Å². The number of anilines is 1. The van der Waals surface area contributed by atoms with E-state index in [1.807, 2.05) is 19.8 Å². The van der Waals surface area contributed by atoms with E-state index in [4.69, 9.17) is 6.42 Å². The quantitative estimate of drug-likeness (QED) is 0.726. The van der Waals surface area contributed by atoms with Gasteiger partial charge in [0.05, 0.1) is 10.7 Å². The van der Waals surface area contributed by atoms with Crippen molar-refractivity contribution in [3.8, 4) is 12.3 Å². The molecule has 0 aliphatic heterocycles. The topological polar surface area (TPSA) is 42.0 Å². The summed E-state index contributed by atoms with van der Waals surface area (Å²) >= 11 is 1.46. The van der Waals surface area contributed by atoms with Crippen LogP contribution in [0.3, 0.4) is 0 Å². The second-order valence-corrected chi connectivity index (χ2v) is 3.56. The van der Waals surface area contributed by atoms with Crippen molar-refractivity contribution in [1.82, 2.24) is 4.98 Å². The minimum absolute atomic E-state index is 0.422. The Morgan fingerprint density at radius 2 is 2.46 bits per heavy atom. The number of nitrogens with one attached hydrogen (secondary N) is 1. The number of hydrogen-bond acceptors (Lipinski definition) is 3. The van der Waals surface area contributed by atoms with Crippen molar-refractivity contribution >= 4 is 22.2 Å². The number of hydrogen-bond donors (Lipinski definition) is 1. The van der Waals surface area contributed by atoms with E-state index in [0.29, 0.717) is 0 Å². The Bertz CT molecular complexity index is 362. The Morgan fingerprint density at radius 3 is 2.92 bits per heavy atom. The molecule has 0 aliphatic carbocycles. The molecule has 0 saturated heterocycles. The van der Waals surface area contributed by atoms with Crippen molar-refractivity contribution in [3.05, 3.63) is 10.7 Å². The fourth-order valence-electron chi connectivity index (χ4n) is 0.859. The van der Waals surface area contributed by atoms with Gasteiger partial charge in [0.15, 0.2) is 0 Å². The van der Waals surface area contributed by atoms with Crippen LogP contribution in [0.2, 0.25) is 0 Å². The molecule has 13 heavy (non-hydrogen) atoms. The Morgan fingerprint density at radius 1 is 1.77 bits per heavy atom. The van der Waals surface area contributed by atoms with Crippen LogP contribution in [-0.4, -0.2) is 10.9 Å². The van der Waals surface area contributed by atoms with E-state index in [1.54, 1.807) is 0 Å². The molecule has 0 aromatic carbocycles. The standard InChI is InChI=1S/C9H10N2OS/c1-4-7(12)11-9-6(3)10-8(5-2)13-9/h1H,5H2,2-3H3,(H,11,12). The van der Waals surface area contributed by atoms with E-state index in [9.17, 15) is 4.79 Å². The highest BCUT2D eigenvalue weighted by molar-refractivity contribution is 7.16. The zero-order valence-corrected chi connectivity index (χ0v) is 8.36. The number of nitrogens with zero attached hydrogens (tertiary/aromatic N) is 1. The Labute approximate surface area is 81.2 Å². The highest BCUT2D eigenvalue weighted by Crippen LogP contribution is 2.23. The number of carbonyl (C=O) groups is 1. The maximum atomic E-state index is 10.9. The Hall–Kier alpha value is -1.34. The van der Waals surface area contributed by atoms with Gasteiger partial charge in [-0.15, -0.1) is 17.8 Å². The van der Waals surface area contributed by atoms with Gasteiger partial charge in [-0.25, -0.2) is 4.98 Å². The van der Waals surface area contributed by atoms with Crippen LogP contribution in [0, 0.1) is 19.3 Å². The van der Waals surface area contributed by atoms with E-state index in [0.717, 1.165) is 22.1 Å². The van der Waals surface area contributed by atoms with Gasteiger partial charge in [-0.1, -0.05) is 6.92 Å². The molecule has 0 saturated carbocycles. The lowest BCUT2D eigenvalue weighted by atomic mass is 10.5. The molecule has 0 spiro atoms. The average Bonchev–Trinajstić information content (AvgIpc) is 2.47. The van der Waals surface area contributed by atoms with E-state index < -0.39 is 5.91 Å².